The van der Waals surface area contributed by atoms with E-state index in [1.807, 2.05) is 45.0 Å². The smallest absolute Gasteiger partial charge is 0.360 e. The van der Waals surface area contributed by atoms with Crippen molar-refractivity contribution in [3.8, 4) is 0 Å². The number of hydrogen-bond donors (Lipinski definition) is 0. The fraction of sp³-hybridized carbons (Fsp3) is 0.476. The van der Waals surface area contributed by atoms with Gasteiger partial charge >= 0.3 is 5.97 Å². The lowest BCUT2D eigenvalue weighted by atomic mass is 10.0. The van der Waals surface area contributed by atoms with Gasteiger partial charge in [0.15, 0.2) is 5.69 Å². The lowest BCUT2D eigenvalue weighted by molar-refractivity contribution is 0.0532. The number of oxazole rings is 1. The quantitative estimate of drug-likeness (QED) is 0.680. The minimum Gasteiger partial charge on any atom is -0.464 e. The Balaban J connectivity index is 2.19. The number of carbonyl (C=O) groups excluding carboxylic acids is 2. The first-order valence-corrected chi connectivity index (χ1v) is 9.20. The van der Waals surface area contributed by atoms with Gasteiger partial charge in [0.05, 0.1) is 13.7 Å². The summed E-state index contributed by atoms with van der Waals surface area (Å²) in [4.78, 5) is 30.4. The Kier molecular flexibility index (Phi) is 6.77. The third-order valence-electron chi connectivity index (χ3n) is 4.31. The molecular formula is C21H28N2O4. The van der Waals surface area contributed by atoms with Crippen LogP contribution in [-0.2, 0) is 17.7 Å². The van der Waals surface area contributed by atoms with Crippen molar-refractivity contribution in [1.29, 1.82) is 0 Å². The summed E-state index contributed by atoms with van der Waals surface area (Å²) >= 11 is 0. The Bertz CT molecular complexity index is 772. The van der Waals surface area contributed by atoms with Crippen LogP contribution in [0.15, 0.2) is 34.9 Å². The molecule has 146 valence electrons. The number of carbonyl (C=O) groups is 2. The average Bonchev–Trinajstić information content (AvgIpc) is 3.11. The van der Waals surface area contributed by atoms with Crippen molar-refractivity contribution < 1.29 is 18.7 Å². The number of rotatable bonds is 7. The largest absolute Gasteiger partial charge is 0.464 e. The van der Waals surface area contributed by atoms with Gasteiger partial charge in [0.25, 0.3) is 5.91 Å². The van der Waals surface area contributed by atoms with E-state index in [-0.39, 0.29) is 18.1 Å². The molecule has 1 heterocycles. The second kappa shape index (κ2) is 8.84. The molecular weight excluding hydrogens is 344 g/mol. The van der Waals surface area contributed by atoms with Crippen LogP contribution in [0.25, 0.3) is 0 Å². The van der Waals surface area contributed by atoms with Gasteiger partial charge in [-0.2, -0.15) is 0 Å². The number of ether oxygens (including phenoxy) is 1. The van der Waals surface area contributed by atoms with E-state index < -0.39 is 11.5 Å². The van der Waals surface area contributed by atoms with Crippen molar-refractivity contribution in [2.75, 3.05) is 7.11 Å². The van der Waals surface area contributed by atoms with Crippen molar-refractivity contribution in [3.05, 3.63) is 53.2 Å². The summed E-state index contributed by atoms with van der Waals surface area (Å²) in [6.45, 7) is 8.17. The summed E-state index contributed by atoms with van der Waals surface area (Å²) in [5.41, 5.74) is 1.49. The highest BCUT2D eigenvalue weighted by Crippen LogP contribution is 2.21. The third kappa shape index (κ3) is 5.42. The van der Waals surface area contributed by atoms with E-state index in [1.165, 1.54) is 18.9 Å². The van der Waals surface area contributed by atoms with E-state index in [2.05, 4.69) is 16.6 Å². The van der Waals surface area contributed by atoms with E-state index in [1.54, 1.807) is 4.90 Å². The molecule has 0 spiro atoms. The molecule has 6 heteroatoms. The zero-order valence-corrected chi connectivity index (χ0v) is 16.7. The maximum atomic E-state index is 13.1. The van der Waals surface area contributed by atoms with Crippen molar-refractivity contribution in [3.63, 3.8) is 0 Å². The molecule has 6 nitrogen and oxygen atoms in total. The molecule has 1 aromatic heterocycles. The number of aromatic nitrogens is 1. The Morgan fingerprint density at radius 3 is 2.41 bits per heavy atom. The van der Waals surface area contributed by atoms with Crippen LogP contribution in [0.1, 0.15) is 72.8 Å². The Labute approximate surface area is 160 Å². The van der Waals surface area contributed by atoms with E-state index >= 15 is 0 Å². The number of benzene rings is 1. The van der Waals surface area contributed by atoms with Crippen LogP contribution < -0.4 is 0 Å². The number of nitrogens with zero attached hydrogens (tertiary/aromatic N) is 2. The van der Waals surface area contributed by atoms with E-state index in [0.717, 1.165) is 19.3 Å². The fourth-order valence-electron chi connectivity index (χ4n) is 2.68. The average molecular weight is 372 g/mol. The first kappa shape index (κ1) is 20.7. The van der Waals surface area contributed by atoms with Gasteiger partial charge in [-0.25, -0.2) is 9.78 Å². The molecule has 2 rings (SSSR count). The first-order valence-electron chi connectivity index (χ1n) is 9.20. The Morgan fingerprint density at radius 1 is 1.19 bits per heavy atom. The van der Waals surface area contributed by atoms with Crippen molar-refractivity contribution in [2.24, 2.45) is 0 Å². The number of esters is 1. The van der Waals surface area contributed by atoms with Crippen LogP contribution in [0.5, 0.6) is 0 Å². The fourth-order valence-corrected chi connectivity index (χ4v) is 2.68. The molecule has 2 aromatic rings. The molecule has 1 aromatic carbocycles. The Hall–Kier alpha value is -2.63. The molecule has 0 bridgehead atoms. The zero-order valence-electron chi connectivity index (χ0n) is 16.7. The van der Waals surface area contributed by atoms with Crippen LogP contribution in [0.3, 0.4) is 0 Å². The second-order valence-corrected chi connectivity index (χ2v) is 7.48. The van der Waals surface area contributed by atoms with E-state index in [4.69, 9.17) is 4.42 Å². The standard InChI is InChI=1S/C21H28N2O4/c1-6-7-8-15-9-11-16(12-10-15)19(24)23(21(2,3)4)13-18-22-17(14-27-18)20(25)26-5/h9-12,14H,6-8,13H2,1-5H3. The monoisotopic (exact) mass is 372 g/mol. The highest BCUT2D eigenvalue weighted by Gasteiger charge is 2.29. The predicted octanol–water partition coefficient (Wildman–Crippen LogP) is 4.24. The highest BCUT2D eigenvalue weighted by atomic mass is 16.5. The normalized spacial score (nSPS) is 11.3. The van der Waals surface area contributed by atoms with Crippen molar-refractivity contribution in [1.82, 2.24) is 9.88 Å². The summed E-state index contributed by atoms with van der Waals surface area (Å²) in [5.74, 6) is -0.387. The molecule has 0 saturated heterocycles. The minimum atomic E-state index is -0.568. The number of hydrogen-bond acceptors (Lipinski definition) is 5. The summed E-state index contributed by atoms with van der Waals surface area (Å²) < 4.78 is 9.99. The van der Waals surface area contributed by atoms with Gasteiger partial charge in [0.2, 0.25) is 5.89 Å². The first-order chi connectivity index (χ1) is 12.8. The van der Waals surface area contributed by atoms with Crippen molar-refractivity contribution in [2.45, 2.75) is 59.0 Å². The molecule has 0 aliphatic heterocycles. The van der Waals surface area contributed by atoms with Crippen LogP contribution in [0.2, 0.25) is 0 Å². The molecule has 0 radical (unpaired) electrons. The van der Waals surface area contributed by atoms with Crippen LogP contribution >= 0.6 is 0 Å². The van der Waals surface area contributed by atoms with Gasteiger partial charge < -0.3 is 14.1 Å². The second-order valence-electron chi connectivity index (χ2n) is 7.48. The number of methoxy groups -OCH3 is 1. The Morgan fingerprint density at radius 2 is 1.85 bits per heavy atom. The molecule has 0 aliphatic carbocycles. The van der Waals surface area contributed by atoms with Crippen molar-refractivity contribution >= 4 is 11.9 Å². The molecule has 0 saturated carbocycles. The number of amides is 1. The lowest BCUT2D eigenvalue weighted by Gasteiger charge is -2.35. The topological polar surface area (TPSA) is 72.6 Å². The van der Waals surface area contributed by atoms with Gasteiger partial charge in [0.1, 0.15) is 6.26 Å². The van der Waals surface area contributed by atoms with Crippen LogP contribution in [0, 0.1) is 0 Å². The summed E-state index contributed by atoms with van der Waals surface area (Å²) in [7, 11) is 1.28. The van der Waals surface area contributed by atoms with Gasteiger partial charge in [-0.1, -0.05) is 25.5 Å². The molecule has 1 amide bonds. The molecule has 0 aliphatic rings. The maximum Gasteiger partial charge on any atom is 0.360 e. The molecule has 0 unspecified atom stereocenters. The lowest BCUT2D eigenvalue weighted by Crippen LogP contribution is -2.45. The number of aryl methyl sites for hydroxylation is 1. The maximum absolute atomic E-state index is 13.1. The minimum absolute atomic E-state index is 0.0917. The van der Waals surface area contributed by atoms with E-state index in [9.17, 15) is 9.59 Å². The molecule has 0 N–H and O–H groups in total. The van der Waals surface area contributed by atoms with Gasteiger partial charge in [0, 0.05) is 11.1 Å². The van der Waals surface area contributed by atoms with E-state index in [0.29, 0.717) is 11.5 Å². The molecule has 0 atom stereocenters. The summed E-state index contributed by atoms with van der Waals surface area (Å²) in [6.07, 6.45) is 4.53. The van der Waals surface area contributed by atoms with Crippen LogP contribution in [0.4, 0.5) is 0 Å². The third-order valence-corrected chi connectivity index (χ3v) is 4.31. The van der Waals surface area contributed by atoms with Gasteiger partial charge in [-0.15, -0.1) is 0 Å². The summed E-state index contributed by atoms with van der Waals surface area (Å²) in [5, 5.41) is 0. The summed E-state index contributed by atoms with van der Waals surface area (Å²) in [6, 6.07) is 7.73. The predicted molar refractivity (Wildman–Crippen MR) is 103 cm³/mol. The SMILES string of the molecule is CCCCc1ccc(C(=O)N(Cc2nc(C(=O)OC)co2)C(C)(C)C)cc1. The van der Waals surface area contributed by atoms with Gasteiger partial charge in [-0.05, 0) is 51.3 Å². The highest BCUT2D eigenvalue weighted by molar-refractivity contribution is 5.94. The van der Waals surface area contributed by atoms with Crippen LogP contribution in [-0.4, -0.2) is 34.4 Å². The zero-order chi connectivity index (χ0) is 20.0. The molecule has 0 fully saturated rings. The van der Waals surface area contributed by atoms with Gasteiger partial charge in [-0.3, -0.25) is 4.79 Å². The molecule has 27 heavy (non-hydrogen) atoms. The number of unbranched alkanes of at least 4 members (excludes halogenated alkanes) is 1.